The van der Waals surface area contributed by atoms with Gasteiger partial charge in [-0.05, 0) is 43.7 Å². The maximum atomic E-state index is 15.0. The summed E-state index contributed by atoms with van der Waals surface area (Å²) in [5.41, 5.74) is 0.296. The quantitative estimate of drug-likeness (QED) is 0.163. The maximum absolute atomic E-state index is 15.0. The largest absolute Gasteiger partial charge is 0.492 e. The number of halogens is 5. The van der Waals surface area contributed by atoms with Gasteiger partial charge in [-0.3, -0.25) is 9.59 Å². The molecule has 3 aromatic carbocycles. The van der Waals surface area contributed by atoms with Crippen molar-refractivity contribution in [1.82, 2.24) is 5.32 Å². The zero-order chi connectivity index (χ0) is 30.4. The van der Waals surface area contributed by atoms with Crippen LogP contribution < -0.4 is 15.0 Å². The van der Waals surface area contributed by atoms with Crippen molar-refractivity contribution in [3.63, 3.8) is 0 Å². The maximum Gasteiger partial charge on any atom is 0.251 e. The number of thioether (sulfide) groups is 1. The van der Waals surface area contributed by atoms with Crippen LogP contribution in [0, 0.1) is 23.3 Å². The summed E-state index contributed by atoms with van der Waals surface area (Å²) in [5, 5.41) is 1.99. The van der Waals surface area contributed by atoms with Crippen LogP contribution in [0.15, 0.2) is 47.4 Å². The highest BCUT2D eigenvalue weighted by molar-refractivity contribution is 8.01. The number of amides is 2. The van der Waals surface area contributed by atoms with Gasteiger partial charge in [0.2, 0.25) is 5.91 Å². The van der Waals surface area contributed by atoms with Crippen molar-refractivity contribution in [2.75, 3.05) is 11.5 Å². The van der Waals surface area contributed by atoms with E-state index < -0.39 is 46.5 Å². The van der Waals surface area contributed by atoms with E-state index in [0.29, 0.717) is 35.1 Å². The van der Waals surface area contributed by atoms with Crippen LogP contribution >= 0.6 is 23.4 Å². The Morgan fingerprint density at radius 3 is 2.40 bits per heavy atom. The average molecular weight is 623 g/mol. The normalized spacial score (nSPS) is 14.6. The number of nitrogens with zero attached hydrogens (tertiary/aromatic N) is 1. The summed E-state index contributed by atoms with van der Waals surface area (Å²) in [6, 6.07) is 8.39. The van der Waals surface area contributed by atoms with Gasteiger partial charge in [-0.25, -0.2) is 17.6 Å². The Labute approximate surface area is 251 Å². The number of ether oxygens (including phenoxy) is 1. The first kappa shape index (κ1) is 31.7. The van der Waals surface area contributed by atoms with Gasteiger partial charge in [0.15, 0.2) is 0 Å². The van der Waals surface area contributed by atoms with Crippen molar-refractivity contribution >= 4 is 40.9 Å². The number of hydrogen-bond donors (Lipinski definition) is 1. The van der Waals surface area contributed by atoms with E-state index in [2.05, 4.69) is 12.2 Å². The predicted molar refractivity (Wildman–Crippen MR) is 156 cm³/mol. The minimum absolute atomic E-state index is 0.0973. The van der Waals surface area contributed by atoms with Gasteiger partial charge in [-0.15, -0.1) is 11.8 Å². The van der Waals surface area contributed by atoms with Crippen molar-refractivity contribution in [2.24, 2.45) is 0 Å². The fourth-order valence-corrected chi connectivity index (χ4v) is 5.98. The number of hydrogen-bond acceptors (Lipinski definition) is 4. The molecule has 224 valence electrons. The van der Waals surface area contributed by atoms with Gasteiger partial charge in [-0.2, -0.15) is 0 Å². The highest BCUT2D eigenvalue weighted by Gasteiger charge is 2.33. The summed E-state index contributed by atoms with van der Waals surface area (Å²) in [5.74, 6) is -4.38. The van der Waals surface area contributed by atoms with Crippen molar-refractivity contribution in [2.45, 2.75) is 69.2 Å². The molecule has 1 N–H and O–H groups in total. The zero-order valence-corrected chi connectivity index (χ0v) is 24.8. The molecule has 0 fully saturated rings. The number of benzene rings is 3. The number of fused-ring (bicyclic) bond motifs is 1. The lowest BCUT2D eigenvalue weighted by Gasteiger charge is -2.33. The van der Waals surface area contributed by atoms with E-state index in [9.17, 15) is 27.2 Å². The topological polar surface area (TPSA) is 58.6 Å². The van der Waals surface area contributed by atoms with Crippen molar-refractivity contribution in [1.29, 1.82) is 0 Å². The molecule has 42 heavy (non-hydrogen) atoms. The molecule has 0 spiro atoms. The predicted octanol–water partition coefficient (Wildman–Crippen LogP) is 8.20. The molecule has 1 heterocycles. The fraction of sp³-hybridized carbons (Fsp3) is 0.355. The SMILES string of the molecule is CCCCCCCOc1ccc(F)c(CN2C(=O)C(C)Sc3cc(C(=O)NCc4c(F)cc(F)cc4F)ccc32)c1Cl. The van der Waals surface area contributed by atoms with Crippen LogP contribution in [0.4, 0.5) is 23.2 Å². The lowest BCUT2D eigenvalue weighted by Crippen LogP contribution is -2.39. The number of unbranched alkanes of at least 4 members (excludes halogenated alkanes) is 4. The highest BCUT2D eigenvalue weighted by atomic mass is 35.5. The third kappa shape index (κ3) is 7.39. The number of anilines is 1. The summed E-state index contributed by atoms with van der Waals surface area (Å²) >= 11 is 7.79. The van der Waals surface area contributed by atoms with Gasteiger partial charge in [0, 0.05) is 40.3 Å². The molecule has 1 aliphatic heterocycles. The van der Waals surface area contributed by atoms with Crippen LogP contribution in [0.1, 0.15) is 67.4 Å². The third-order valence-corrected chi connectivity index (χ3v) is 8.48. The minimum atomic E-state index is -1.11. The minimum Gasteiger partial charge on any atom is -0.492 e. The molecule has 1 atom stereocenters. The van der Waals surface area contributed by atoms with Crippen LogP contribution in [0.2, 0.25) is 5.02 Å². The molecular formula is C31H31ClF4N2O3S. The molecule has 1 unspecified atom stereocenters. The highest BCUT2D eigenvalue weighted by Crippen LogP contribution is 2.42. The molecule has 0 aromatic heterocycles. The van der Waals surface area contributed by atoms with Crippen LogP contribution in [-0.2, 0) is 17.9 Å². The lowest BCUT2D eigenvalue weighted by molar-refractivity contribution is -0.118. The van der Waals surface area contributed by atoms with Gasteiger partial charge < -0.3 is 15.0 Å². The molecule has 1 aliphatic rings. The van der Waals surface area contributed by atoms with Crippen LogP contribution in [0.25, 0.3) is 0 Å². The Morgan fingerprint density at radius 2 is 1.69 bits per heavy atom. The summed E-state index contributed by atoms with van der Waals surface area (Å²) in [4.78, 5) is 28.0. The molecular weight excluding hydrogens is 592 g/mol. The second kappa shape index (κ2) is 14.3. The van der Waals surface area contributed by atoms with Crippen molar-refractivity contribution in [3.05, 3.63) is 87.4 Å². The standard InChI is InChI=1S/C31H31ClF4N2O3S/c1-3-4-5-6-7-12-41-27-11-9-23(34)22(29(27)32)17-38-26-10-8-19(13-28(26)42-18(2)31(38)40)30(39)37-16-21-24(35)14-20(33)15-25(21)36/h8-11,13-15,18H,3-7,12,16-17H2,1-2H3,(H,37,39). The molecule has 0 saturated carbocycles. The molecule has 3 aromatic rings. The Hall–Kier alpha value is -3.24. The Bertz CT molecular complexity index is 1450. The second-order valence-corrected chi connectivity index (χ2v) is 11.8. The fourth-order valence-electron chi connectivity index (χ4n) is 4.61. The van der Waals surface area contributed by atoms with Crippen molar-refractivity contribution < 1.29 is 31.9 Å². The lowest BCUT2D eigenvalue weighted by atomic mass is 10.1. The summed E-state index contributed by atoms with van der Waals surface area (Å²) in [6.07, 6.45) is 5.28. The van der Waals surface area contributed by atoms with E-state index in [1.807, 2.05) is 0 Å². The van der Waals surface area contributed by atoms with Crippen LogP contribution in [-0.4, -0.2) is 23.7 Å². The molecule has 5 nitrogen and oxygen atoms in total. The average Bonchev–Trinajstić information content (AvgIpc) is 2.94. The Kier molecular flexibility index (Phi) is 10.8. The number of carbonyl (C=O) groups is 2. The number of rotatable bonds is 12. The number of carbonyl (C=O) groups excluding carboxylic acids is 2. The molecule has 4 rings (SSSR count). The molecule has 2 amide bonds. The van der Waals surface area contributed by atoms with Gasteiger partial charge in [-0.1, -0.05) is 44.2 Å². The smallest absolute Gasteiger partial charge is 0.251 e. The van der Waals surface area contributed by atoms with Crippen LogP contribution in [0.3, 0.4) is 0 Å². The first-order valence-electron chi connectivity index (χ1n) is 13.7. The molecule has 0 bridgehead atoms. The Morgan fingerprint density at radius 1 is 0.976 bits per heavy atom. The van der Waals surface area contributed by atoms with Crippen molar-refractivity contribution in [3.8, 4) is 5.75 Å². The van der Waals surface area contributed by atoms with Crippen LogP contribution in [0.5, 0.6) is 5.75 Å². The monoisotopic (exact) mass is 622 g/mol. The second-order valence-electron chi connectivity index (χ2n) is 10.00. The van der Waals surface area contributed by atoms with E-state index in [-0.39, 0.29) is 28.6 Å². The molecule has 11 heteroatoms. The number of nitrogens with one attached hydrogen (secondary N) is 1. The van der Waals surface area contributed by atoms with E-state index in [4.69, 9.17) is 16.3 Å². The zero-order valence-electron chi connectivity index (χ0n) is 23.2. The third-order valence-electron chi connectivity index (χ3n) is 6.93. The summed E-state index contributed by atoms with van der Waals surface area (Å²) in [6.45, 7) is 3.65. The van der Waals surface area contributed by atoms with E-state index in [1.54, 1.807) is 19.1 Å². The van der Waals surface area contributed by atoms with E-state index >= 15 is 0 Å². The van der Waals surface area contributed by atoms with Gasteiger partial charge in [0.1, 0.15) is 29.0 Å². The van der Waals surface area contributed by atoms with E-state index in [1.165, 1.54) is 34.9 Å². The first-order valence-corrected chi connectivity index (χ1v) is 15.0. The molecule has 0 aliphatic carbocycles. The summed E-state index contributed by atoms with van der Waals surface area (Å²) in [7, 11) is 0. The van der Waals surface area contributed by atoms with Gasteiger partial charge in [0.05, 0.1) is 29.1 Å². The Balaban J connectivity index is 1.50. The first-order chi connectivity index (χ1) is 20.1. The molecule has 0 radical (unpaired) electrons. The van der Waals surface area contributed by atoms with Gasteiger partial charge in [0.25, 0.3) is 5.91 Å². The van der Waals surface area contributed by atoms with Gasteiger partial charge >= 0.3 is 0 Å². The van der Waals surface area contributed by atoms with E-state index in [0.717, 1.165) is 32.1 Å². The summed E-state index contributed by atoms with van der Waals surface area (Å²) < 4.78 is 61.9. The molecule has 0 saturated heterocycles.